The van der Waals surface area contributed by atoms with Crippen LogP contribution in [0.5, 0.6) is 0 Å². The summed E-state index contributed by atoms with van der Waals surface area (Å²) in [7, 11) is -4.06. The minimum absolute atomic E-state index is 0.0294. The van der Waals surface area contributed by atoms with Gasteiger partial charge in [-0.1, -0.05) is 25.4 Å². The van der Waals surface area contributed by atoms with E-state index in [9.17, 15) is 17.6 Å². The molecule has 1 amide bonds. The lowest BCUT2D eigenvalue weighted by atomic mass is 10.2. The van der Waals surface area contributed by atoms with Gasteiger partial charge < -0.3 is 10.1 Å². The van der Waals surface area contributed by atoms with Crippen molar-refractivity contribution in [3.8, 4) is 0 Å². The highest BCUT2D eigenvalue weighted by Crippen LogP contribution is 2.25. The lowest BCUT2D eigenvalue weighted by molar-refractivity contribution is 0.0925. The fourth-order valence-electron chi connectivity index (χ4n) is 2.38. The molecule has 9 heteroatoms. The minimum Gasteiger partial charge on any atom is -0.381 e. The SMILES string of the molecule is CC(C)COCCCNC(=O)c1ccc(Cl)c(S(=O)(=O)Nc2ccc(F)cc2)c1. The van der Waals surface area contributed by atoms with Crippen molar-refractivity contribution in [3.05, 3.63) is 58.9 Å². The van der Waals surface area contributed by atoms with Crippen LogP contribution in [0.3, 0.4) is 0 Å². The largest absolute Gasteiger partial charge is 0.381 e. The maximum absolute atomic E-state index is 13.0. The van der Waals surface area contributed by atoms with E-state index in [1.165, 1.54) is 30.3 Å². The van der Waals surface area contributed by atoms with Crippen LogP contribution in [-0.4, -0.2) is 34.1 Å². The first kappa shape index (κ1) is 23.1. The summed E-state index contributed by atoms with van der Waals surface area (Å²) in [5.74, 6) is -0.453. The zero-order chi connectivity index (χ0) is 21.4. The van der Waals surface area contributed by atoms with E-state index in [1.54, 1.807) is 0 Å². The van der Waals surface area contributed by atoms with E-state index < -0.39 is 21.7 Å². The number of ether oxygens (including phenoxy) is 1. The quantitative estimate of drug-likeness (QED) is 0.543. The zero-order valence-electron chi connectivity index (χ0n) is 16.2. The summed E-state index contributed by atoms with van der Waals surface area (Å²) in [4.78, 5) is 12.1. The molecule has 0 radical (unpaired) electrons. The Morgan fingerprint density at radius 3 is 2.52 bits per heavy atom. The Balaban J connectivity index is 2.02. The average Bonchev–Trinajstić information content (AvgIpc) is 2.66. The number of halogens is 2. The molecule has 0 spiro atoms. The van der Waals surface area contributed by atoms with Crippen molar-refractivity contribution in [2.45, 2.75) is 25.2 Å². The second kappa shape index (κ2) is 10.6. The molecule has 2 rings (SSSR count). The van der Waals surface area contributed by atoms with Gasteiger partial charge in [-0.3, -0.25) is 9.52 Å². The van der Waals surface area contributed by atoms with Gasteiger partial charge in [0.25, 0.3) is 15.9 Å². The molecule has 0 unspecified atom stereocenters. The van der Waals surface area contributed by atoms with Gasteiger partial charge in [0.1, 0.15) is 10.7 Å². The minimum atomic E-state index is -4.06. The van der Waals surface area contributed by atoms with Crippen LogP contribution < -0.4 is 10.0 Å². The second-order valence-electron chi connectivity index (χ2n) is 6.84. The van der Waals surface area contributed by atoms with Crippen LogP contribution in [0.4, 0.5) is 10.1 Å². The number of rotatable bonds is 10. The fourth-order valence-corrected chi connectivity index (χ4v) is 3.96. The standard InChI is InChI=1S/C20H24ClFN2O4S/c1-14(2)13-28-11-3-10-23-20(25)15-4-9-18(21)19(12-15)29(26,27)24-17-7-5-16(22)6-8-17/h4-9,12,14,24H,3,10-11,13H2,1-2H3,(H,23,25). The number of nitrogens with one attached hydrogen (secondary N) is 2. The van der Waals surface area contributed by atoms with Crippen LogP contribution >= 0.6 is 11.6 Å². The van der Waals surface area contributed by atoms with Crippen LogP contribution in [0.1, 0.15) is 30.6 Å². The van der Waals surface area contributed by atoms with Crippen molar-refractivity contribution in [1.82, 2.24) is 5.32 Å². The highest BCUT2D eigenvalue weighted by molar-refractivity contribution is 7.92. The monoisotopic (exact) mass is 442 g/mol. The summed E-state index contributed by atoms with van der Waals surface area (Å²) in [5.41, 5.74) is 0.343. The number of hydrogen-bond acceptors (Lipinski definition) is 4. The summed E-state index contributed by atoms with van der Waals surface area (Å²) in [6.07, 6.45) is 0.642. The molecule has 0 aromatic heterocycles. The normalized spacial score (nSPS) is 11.5. The van der Waals surface area contributed by atoms with Crippen LogP contribution in [-0.2, 0) is 14.8 Å². The highest BCUT2D eigenvalue weighted by Gasteiger charge is 2.20. The van der Waals surface area contributed by atoms with Crippen molar-refractivity contribution in [2.75, 3.05) is 24.5 Å². The van der Waals surface area contributed by atoms with E-state index in [2.05, 4.69) is 23.9 Å². The van der Waals surface area contributed by atoms with Gasteiger partial charge in [-0.15, -0.1) is 0 Å². The molecule has 2 aromatic carbocycles. The van der Waals surface area contributed by atoms with Crippen molar-refractivity contribution >= 4 is 33.2 Å². The van der Waals surface area contributed by atoms with E-state index in [-0.39, 0.29) is 21.2 Å². The smallest absolute Gasteiger partial charge is 0.263 e. The molecule has 0 heterocycles. The molecule has 0 atom stereocenters. The number of anilines is 1. The van der Waals surface area contributed by atoms with Crippen LogP contribution in [0.2, 0.25) is 5.02 Å². The van der Waals surface area contributed by atoms with Gasteiger partial charge in [0.2, 0.25) is 0 Å². The zero-order valence-corrected chi connectivity index (χ0v) is 17.8. The Labute approximate surface area is 175 Å². The van der Waals surface area contributed by atoms with Gasteiger partial charge in [-0.2, -0.15) is 0 Å². The predicted octanol–water partition coefficient (Wildman–Crippen LogP) is 4.07. The third kappa shape index (κ3) is 7.30. The average molecular weight is 443 g/mol. The maximum Gasteiger partial charge on any atom is 0.263 e. The molecule has 0 bridgehead atoms. The third-order valence-corrected chi connectivity index (χ3v) is 5.64. The van der Waals surface area contributed by atoms with E-state index in [4.69, 9.17) is 16.3 Å². The van der Waals surface area contributed by atoms with Gasteiger partial charge in [0, 0.05) is 31.0 Å². The summed E-state index contributed by atoms with van der Waals surface area (Å²) in [6.45, 7) is 5.70. The van der Waals surface area contributed by atoms with E-state index >= 15 is 0 Å². The number of sulfonamides is 1. The lowest BCUT2D eigenvalue weighted by Gasteiger charge is -2.12. The first-order valence-corrected chi connectivity index (χ1v) is 11.0. The lowest BCUT2D eigenvalue weighted by Crippen LogP contribution is -2.26. The number of carbonyl (C=O) groups excluding carboxylic acids is 1. The molecule has 158 valence electrons. The van der Waals surface area contributed by atoms with Crippen molar-refractivity contribution in [2.24, 2.45) is 5.92 Å². The predicted molar refractivity (Wildman–Crippen MR) is 111 cm³/mol. The molecule has 0 aliphatic heterocycles. The van der Waals surface area contributed by atoms with Crippen LogP contribution in [0, 0.1) is 11.7 Å². The molecule has 0 aliphatic rings. The Kier molecular flexibility index (Phi) is 8.43. The van der Waals surface area contributed by atoms with Crippen molar-refractivity contribution in [3.63, 3.8) is 0 Å². The molecule has 0 saturated heterocycles. The molecular formula is C20H24ClFN2O4S. The highest BCUT2D eigenvalue weighted by atomic mass is 35.5. The molecule has 29 heavy (non-hydrogen) atoms. The third-order valence-electron chi connectivity index (χ3n) is 3.78. The van der Waals surface area contributed by atoms with Crippen LogP contribution in [0.15, 0.2) is 47.4 Å². The first-order chi connectivity index (χ1) is 13.7. The molecule has 2 N–H and O–H groups in total. The van der Waals surface area contributed by atoms with E-state index in [0.717, 1.165) is 12.1 Å². The molecule has 2 aromatic rings. The van der Waals surface area contributed by atoms with Crippen LogP contribution in [0.25, 0.3) is 0 Å². The maximum atomic E-state index is 13.0. The number of benzene rings is 2. The summed E-state index contributed by atoms with van der Waals surface area (Å²) >= 11 is 6.04. The Hall–Kier alpha value is -2.16. The Morgan fingerprint density at radius 1 is 1.17 bits per heavy atom. The van der Waals surface area contributed by atoms with Gasteiger partial charge >= 0.3 is 0 Å². The molecule has 0 saturated carbocycles. The molecule has 0 aliphatic carbocycles. The molecule has 6 nitrogen and oxygen atoms in total. The Bertz CT molecular complexity index is 934. The first-order valence-electron chi connectivity index (χ1n) is 9.13. The van der Waals surface area contributed by atoms with Crippen molar-refractivity contribution < 1.29 is 22.3 Å². The van der Waals surface area contributed by atoms with Gasteiger partial charge in [0.05, 0.1) is 5.02 Å². The molecule has 0 fully saturated rings. The Morgan fingerprint density at radius 2 is 1.86 bits per heavy atom. The summed E-state index contributed by atoms with van der Waals surface area (Å²) in [6, 6.07) is 8.85. The van der Waals surface area contributed by atoms with E-state index in [1.807, 2.05) is 0 Å². The number of carbonyl (C=O) groups is 1. The summed E-state index contributed by atoms with van der Waals surface area (Å²) < 4.78 is 46.0. The number of amides is 1. The van der Waals surface area contributed by atoms with Crippen molar-refractivity contribution in [1.29, 1.82) is 0 Å². The van der Waals surface area contributed by atoms with E-state index in [0.29, 0.717) is 32.1 Å². The number of hydrogen-bond donors (Lipinski definition) is 2. The second-order valence-corrected chi connectivity index (χ2v) is 8.89. The van der Waals surface area contributed by atoms with Gasteiger partial charge in [-0.25, -0.2) is 12.8 Å². The van der Waals surface area contributed by atoms with Gasteiger partial charge in [-0.05, 0) is 54.8 Å². The fraction of sp³-hybridized carbons (Fsp3) is 0.350. The van der Waals surface area contributed by atoms with Gasteiger partial charge in [0.15, 0.2) is 0 Å². The molecular weight excluding hydrogens is 419 g/mol. The topological polar surface area (TPSA) is 84.5 Å². The summed E-state index contributed by atoms with van der Waals surface area (Å²) in [5, 5.41) is 2.69.